The highest BCUT2D eigenvalue weighted by molar-refractivity contribution is 5.76. The van der Waals surface area contributed by atoms with E-state index in [0.717, 1.165) is 18.6 Å². The maximum absolute atomic E-state index is 13.1. The molecule has 1 saturated heterocycles. The fourth-order valence-electron chi connectivity index (χ4n) is 6.60. The van der Waals surface area contributed by atoms with Crippen LogP contribution in [-0.4, -0.2) is 28.1 Å². The number of carbonyl (C=O) groups is 2. The third-order valence-corrected chi connectivity index (χ3v) is 8.30. The number of carbonyl (C=O) groups excluding carboxylic acids is 1. The number of carboxylic acid groups (broad SMARTS) is 1. The molecule has 36 heavy (non-hydrogen) atoms. The highest BCUT2D eigenvalue weighted by Crippen LogP contribution is 2.54. The Labute approximate surface area is 207 Å². The number of rotatable bonds is 4. The molecule has 5 rings (SSSR count). The number of benzene rings is 1. The minimum Gasteiger partial charge on any atom is -0.481 e. The minimum absolute atomic E-state index is 0.0424. The number of ether oxygens (including phenoxy) is 1. The van der Waals surface area contributed by atoms with E-state index in [2.05, 4.69) is 11.1 Å². The number of carboxylic acids is 1. The van der Waals surface area contributed by atoms with Gasteiger partial charge in [0.05, 0.1) is 23.1 Å². The van der Waals surface area contributed by atoms with Gasteiger partial charge in [-0.05, 0) is 80.2 Å². The van der Waals surface area contributed by atoms with E-state index in [-0.39, 0.29) is 47.6 Å². The van der Waals surface area contributed by atoms with Gasteiger partial charge in [0.2, 0.25) is 0 Å². The van der Waals surface area contributed by atoms with Gasteiger partial charge >= 0.3 is 18.1 Å². The molecule has 1 aromatic carbocycles. The summed E-state index contributed by atoms with van der Waals surface area (Å²) in [5, 5.41) is 9.52. The summed E-state index contributed by atoms with van der Waals surface area (Å²) in [5.74, 6) is -1.01. The van der Waals surface area contributed by atoms with Crippen molar-refractivity contribution in [2.45, 2.75) is 44.9 Å². The normalized spacial score (nSPS) is 32.1. The Morgan fingerprint density at radius 1 is 1.14 bits per heavy atom. The number of hydrogen-bond acceptors (Lipinski definition) is 4. The summed E-state index contributed by atoms with van der Waals surface area (Å²) in [4.78, 5) is 28.6. The number of nitrogens with zero attached hydrogens (tertiary/aromatic N) is 1. The van der Waals surface area contributed by atoms with Crippen LogP contribution in [0.2, 0.25) is 0 Å². The van der Waals surface area contributed by atoms with Gasteiger partial charge in [0, 0.05) is 17.7 Å². The molecule has 2 saturated carbocycles. The van der Waals surface area contributed by atoms with Gasteiger partial charge in [-0.15, -0.1) is 0 Å². The number of cyclic esters (lactones) is 1. The van der Waals surface area contributed by atoms with Crippen LogP contribution in [-0.2, 0) is 20.5 Å². The van der Waals surface area contributed by atoms with E-state index >= 15 is 0 Å². The van der Waals surface area contributed by atoms with Gasteiger partial charge in [-0.1, -0.05) is 24.3 Å². The molecule has 2 heterocycles. The van der Waals surface area contributed by atoms with Crippen molar-refractivity contribution in [2.24, 2.45) is 35.5 Å². The van der Waals surface area contributed by atoms with Crippen LogP contribution in [0.25, 0.3) is 17.2 Å². The van der Waals surface area contributed by atoms with Gasteiger partial charge in [-0.2, -0.15) is 13.2 Å². The van der Waals surface area contributed by atoms with Crippen molar-refractivity contribution in [3.05, 3.63) is 59.9 Å². The van der Waals surface area contributed by atoms with Gasteiger partial charge in [-0.25, -0.2) is 0 Å². The number of hydrogen-bond donors (Lipinski definition) is 1. The summed E-state index contributed by atoms with van der Waals surface area (Å²) in [7, 11) is 0. The summed E-state index contributed by atoms with van der Waals surface area (Å²) in [6.07, 6.45) is 3.62. The van der Waals surface area contributed by atoms with Crippen molar-refractivity contribution in [3.63, 3.8) is 0 Å². The third-order valence-electron chi connectivity index (χ3n) is 8.30. The molecule has 2 aliphatic carbocycles. The number of aromatic nitrogens is 1. The lowest BCUT2D eigenvalue weighted by atomic mass is 9.56. The Kier molecular flexibility index (Phi) is 6.39. The zero-order valence-electron chi connectivity index (χ0n) is 19.8. The van der Waals surface area contributed by atoms with E-state index in [1.54, 1.807) is 24.4 Å². The van der Waals surface area contributed by atoms with Crippen molar-refractivity contribution in [1.29, 1.82) is 0 Å². The fourth-order valence-corrected chi connectivity index (χ4v) is 6.60. The number of fused-ring (bicyclic) bond motifs is 2. The number of alkyl halides is 3. The van der Waals surface area contributed by atoms with Crippen molar-refractivity contribution >= 4 is 18.0 Å². The summed E-state index contributed by atoms with van der Waals surface area (Å²) < 4.78 is 44.8. The molecule has 3 aliphatic rings. The zero-order valence-corrected chi connectivity index (χ0v) is 19.8. The van der Waals surface area contributed by atoms with E-state index in [9.17, 15) is 27.9 Å². The molecule has 8 heteroatoms. The molecule has 1 aromatic heterocycles. The van der Waals surface area contributed by atoms with Crippen molar-refractivity contribution < 1.29 is 32.6 Å². The standard InChI is InChI=1S/C28H28F3NO4/c1-15-25-23(22-9-6-17(26(33)34)11-19(22)13-24(25)27(35)36-15)10-8-21-7-5-18(14-32-21)16-3-2-4-20(12-16)28(29,30)31/h2-5,7-8,10,12,14-15,17,19,22-25H,6,9,11,13H2,1H3,(H,33,34)/b10-8+/t15-,17-,19+,22-,23+,24-,25+/m1/s1. The molecular weight excluding hydrogens is 471 g/mol. The number of halogens is 3. The predicted octanol–water partition coefficient (Wildman–Crippen LogP) is 6.10. The van der Waals surface area contributed by atoms with Crippen LogP contribution in [0.4, 0.5) is 13.2 Å². The van der Waals surface area contributed by atoms with Crippen LogP contribution in [0.3, 0.4) is 0 Å². The average molecular weight is 500 g/mol. The SMILES string of the molecule is C[C@H]1OC(=O)[C@@H]2C[C@@H]3C[C@H](C(=O)O)CC[C@H]3[C@H](/C=C/c3ccc(-c4cccc(C(F)(F)F)c4)cn3)[C@H]12. The molecule has 0 bridgehead atoms. The van der Waals surface area contributed by atoms with Crippen LogP contribution < -0.4 is 0 Å². The molecular formula is C28H28F3NO4. The maximum Gasteiger partial charge on any atom is 0.416 e. The molecule has 0 radical (unpaired) electrons. The second kappa shape index (κ2) is 9.37. The summed E-state index contributed by atoms with van der Waals surface area (Å²) in [6, 6.07) is 8.67. The van der Waals surface area contributed by atoms with Gasteiger partial charge in [0.15, 0.2) is 0 Å². The zero-order chi connectivity index (χ0) is 25.6. The molecule has 1 N–H and O–H groups in total. The van der Waals surface area contributed by atoms with E-state index < -0.39 is 17.7 Å². The fraction of sp³-hybridized carbons (Fsp3) is 0.464. The Morgan fingerprint density at radius 3 is 2.64 bits per heavy atom. The smallest absolute Gasteiger partial charge is 0.416 e. The molecule has 0 amide bonds. The second-order valence-electron chi connectivity index (χ2n) is 10.3. The molecule has 1 aliphatic heterocycles. The van der Waals surface area contributed by atoms with Gasteiger partial charge in [0.25, 0.3) is 0 Å². The largest absolute Gasteiger partial charge is 0.481 e. The Bertz CT molecular complexity index is 1180. The van der Waals surface area contributed by atoms with Crippen LogP contribution in [0.15, 0.2) is 48.7 Å². The first kappa shape index (κ1) is 24.5. The van der Waals surface area contributed by atoms with Gasteiger partial charge in [0.1, 0.15) is 6.10 Å². The Balaban J connectivity index is 1.38. The molecule has 0 spiro atoms. The molecule has 190 valence electrons. The van der Waals surface area contributed by atoms with Crippen LogP contribution in [0.1, 0.15) is 43.9 Å². The van der Waals surface area contributed by atoms with E-state index in [4.69, 9.17) is 4.74 Å². The lowest BCUT2D eigenvalue weighted by Crippen LogP contribution is -2.44. The lowest BCUT2D eigenvalue weighted by molar-refractivity contribution is -0.145. The van der Waals surface area contributed by atoms with E-state index in [0.29, 0.717) is 36.1 Å². The van der Waals surface area contributed by atoms with E-state index in [1.165, 1.54) is 6.07 Å². The summed E-state index contributed by atoms with van der Waals surface area (Å²) >= 11 is 0. The summed E-state index contributed by atoms with van der Waals surface area (Å²) in [5.41, 5.74) is 0.995. The first-order valence-corrected chi connectivity index (χ1v) is 12.4. The molecule has 2 aromatic rings. The van der Waals surface area contributed by atoms with Gasteiger partial charge < -0.3 is 9.84 Å². The minimum atomic E-state index is -4.41. The van der Waals surface area contributed by atoms with Crippen molar-refractivity contribution in [1.82, 2.24) is 4.98 Å². The van der Waals surface area contributed by atoms with Crippen molar-refractivity contribution in [2.75, 3.05) is 0 Å². The average Bonchev–Trinajstić information content (AvgIpc) is 3.14. The second-order valence-corrected chi connectivity index (χ2v) is 10.3. The first-order valence-electron chi connectivity index (χ1n) is 12.4. The number of esters is 1. The topological polar surface area (TPSA) is 76.5 Å². The lowest BCUT2D eigenvalue weighted by Gasteiger charge is -2.47. The molecule has 5 nitrogen and oxygen atoms in total. The number of pyridine rings is 1. The van der Waals surface area contributed by atoms with Crippen LogP contribution in [0.5, 0.6) is 0 Å². The number of aliphatic carboxylic acids is 1. The monoisotopic (exact) mass is 499 g/mol. The molecule has 7 atom stereocenters. The third kappa shape index (κ3) is 4.65. The number of allylic oxidation sites excluding steroid dienone is 1. The first-order chi connectivity index (χ1) is 17.1. The van der Waals surface area contributed by atoms with Gasteiger partial charge in [-0.3, -0.25) is 14.6 Å². The Morgan fingerprint density at radius 2 is 1.94 bits per heavy atom. The quantitative estimate of drug-likeness (QED) is 0.515. The highest BCUT2D eigenvalue weighted by atomic mass is 19.4. The predicted molar refractivity (Wildman–Crippen MR) is 126 cm³/mol. The van der Waals surface area contributed by atoms with Crippen LogP contribution in [0, 0.1) is 35.5 Å². The van der Waals surface area contributed by atoms with E-state index in [1.807, 2.05) is 13.0 Å². The Hall–Kier alpha value is -3.16. The maximum atomic E-state index is 13.1. The van der Waals surface area contributed by atoms with Crippen LogP contribution >= 0.6 is 0 Å². The summed E-state index contributed by atoms with van der Waals surface area (Å²) in [6.45, 7) is 1.93. The highest BCUT2D eigenvalue weighted by Gasteiger charge is 2.54. The van der Waals surface area contributed by atoms with Crippen molar-refractivity contribution in [3.8, 4) is 11.1 Å². The molecule has 0 unspecified atom stereocenters. The molecule has 3 fully saturated rings.